The Balaban J connectivity index is 2.59. The molecule has 15 heavy (non-hydrogen) atoms. The highest BCUT2D eigenvalue weighted by molar-refractivity contribution is 7.23. The molecule has 0 atom stereocenters. The van der Waals surface area contributed by atoms with Crippen LogP contribution in [0.1, 0.15) is 12.5 Å². The third kappa shape index (κ3) is 1.07. The summed E-state index contributed by atoms with van der Waals surface area (Å²) in [5.74, 6) is 0.470. The third-order valence-corrected chi connectivity index (χ3v) is 3.54. The second-order valence-electron chi connectivity index (χ2n) is 3.40. The summed E-state index contributed by atoms with van der Waals surface area (Å²) in [6.45, 7) is 2.14. The first-order chi connectivity index (χ1) is 7.31. The fourth-order valence-corrected chi connectivity index (χ4v) is 2.87. The van der Waals surface area contributed by atoms with Crippen LogP contribution in [0.2, 0.25) is 0 Å². The molecule has 0 bridgehead atoms. The summed E-state index contributed by atoms with van der Waals surface area (Å²) < 4.78 is 3.14. The van der Waals surface area contributed by atoms with Crippen molar-refractivity contribution in [1.29, 1.82) is 0 Å². The number of para-hydroxylation sites is 1. The number of hydrogen-bond donors (Lipinski definition) is 1. The minimum absolute atomic E-state index is 0.470. The zero-order valence-corrected chi connectivity index (χ0v) is 9.08. The molecular weight excluding hydrogens is 208 g/mol. The van der Waals surface area contributed by atoms with Crippen LogP contribution in [0.5, 0.6) is 0 Å². The highest BCUT2D eigenvalue weighted by atomic mass is 32.1. The maximum atomic E-state index is 5.81. The lowest BCUT2D eigenvalue weighted by molar-refractivity contribution is 1.11. The Morgan fingerprint density at radius 1 is 1.40 bits per heavy atom. The minimum Gasteiger partial charge on any atom is -0.368 e. The fourth-order valence-electron chi connectivity index (χ4n) is 1.85. The molecule has 0 fully saturated rings. The first kappa shape index (κ1) is 8.67. The van der Waals surface area contributed by atoms with Gasteiger partial charge in [-0.3, -0.25) is 4.40 Å². The molecule has 0 aliphatic heterocycles. The number of thiazole rings is 1. The van der Waals surface area contributed by atoms with Gasteiger partial charge in [0, 0.05) is 0 Å². The topological polar surface area (TPSA) is 56.2 Å². The first-order valence-electron chi connectivity index (χ1n) is 4.82. The molecule has 0 aliphatic rings. The molecule has 0 amide bonds. The molecule has 3 rings (SSSR count). The van der Waals surface area contributed by atoms with Gasteiger partial charge in [0.15, 0.2) is 0 Å². The zero-order chi connectivity index (χ0) is 10.4. The molecule has 2 aromatic heterocycles. The van der Waals surface area contributed by atoms with Crippen molar-refractivity contribution in [2.75, 3.05) is 5.73 Å². The SMILES string of the molecule is CCc1cccc2sc3nnc(N)n3c12. The maximum absolute atomic E-state index is 5.81. The Hall–Kier alpha value is -1.62. The van der Waals surface area contributed by atoms with Gasteiger partial charge in [-0.15, -0.1) is 10.2 Å². The maximum Gasteiger partial charge on any atom is 0.227 e. The standard InChI is InChI=1S/C10H10N4S/c1-2-6-4-3-5-7-8(6)14-9(11)12-13-10(14)15-7/h3-5H,2H2,1H3,(H2,11,12). The van der Waals surface area contributed by atoms with Crippen LogP contribution in [0.4, 0.5) is 5.95 Å². The number of rotatable bonds is 1. The zero-order valence-electron chi connectivity index (χ0n) is 8.27. The van der Waals surface area contributed by atoms with Gasteiger partial charge in [-0.1, -0.05) is 30.4 Å². The van der Waals surface area contributed by atoms with E-state index in [0.29, 0.717) is 5.95 Å². The molecule has 0 radical (unpaired) electrons. The molecule has 2 N–H and O–H groups in total. The molecule has 0 spiro atoms. The number of nitrogens with two attached hydrogens (primary N) is 1. The fraction of sp³-hybridized carbons (Fsp3) is 0.200. The Morgan fingerprint density at radius 2 is 2.27 bits per heavy atom. The van der Waals surface area contributed by atoms with E-state index in [9.17, 15) is 0 Å². The van der Waals surface area contributed by atoms with Crippen LogP contribution in [0.3, 0.4) is 0 Å². The second kappa shape index (κ2) is 2.93. The van der Waals surface area contributed by atoms with Crippen LogP contribution in [-0.4, -0.2) is 14.6 Å². The molecule has 1 aromatic carbocycles. The lowest BCUT2D eigenvalue weighted by Crippen LogP contribution is -1.94. The van der Waals surface area contributed by atoms with Gasteiger partial charge >= 0.3 is 0 Å². The van der Waals surface area contributed by atoms with E-state index in [1.165, 1.54) is 10.3 Å². The molecule has 3 aromatic rings. The van der Waals surface area contributed by atoms with Crippen LogP contribution in [0, 0.1) is 0 Å². The Bertz CT molecular complexity index is 637. The average Bonchev–Trinajstić information content (AvgIpc) is 2.78. The van der Waals surface area contributed by atoms with Gasteiger partial charge in [-0.25, -0.2) is 0 Å². The largest absolute Gasteiger partial charge is 0.368 e. The summed E-state index contributed by atoms with van der Waals surface area (Å²) >= 11 is 1.62. The number of nitrogens with zero attached hydrogens (tertiary/aromatic N) is 3. The quantitative estimate of drug-likeness (QED) is 0.680. The van der Waals surface area contributed by atoms with Gasteiger partial charge in [-0.2, -0.15) is 0 Å². The van der Waals surface area contributed by atoms with Crippen molar-refractivity contribution in [1.82, 2.24) is 14.6 Å². The van der Waals surface area contributed by atoms with Gasteiger partial charge in [0.05, 0.1) is 10.2 Å². The molecule has 0 aliphatic carbocycles. The van der Waals surface area contributed by atoms with E-state index in [0.717, 1.165) is 16.9 Å². The minimum atomic E-state index is 0.470. The normalized spacial score (nSPS) is 11.5. The summed E-state index contributed by atoms with van der Waals surface area (Å²) in [4.78, 5) is 0.864. The Morgan fingerprint density at radius 3 is 3.07 bits per heavy atom. The summed E-state index contributed by atoms with van der Waals surface area (Å²) in [7, 11) is 0. The molecule has 2 heterocycles. The van der Waals surface area contributed by atoms with Gasteiger partial charge in [0.25, 0.3) is 0 Å². The number of aromatic nitrogens is 3. The van der Waals surface area contributed by atoms with Crippen LogP contribution in [-0.2, 0) is 6.42 Å². The van der Waals surface area contributed by atoms with Crippen molar-refractivity contribution in [2.24, 2.45) is 0 Å². The number of anilines is 1. The molecule has 76 valence electrons. The molecule has 0 saturated carbocycles. The van der Waals surface area contributed by atoms with E-state index in [1.807, 2.05) is 4.40 Å². The number of benzene rings is 1. The van der Waals surface area contributed by atoms with Crippen LogP contribution in [0.15, 0.2) is 18.2 Å². The second-order valence-corrected chi connectivity index (χ2v) is 4.40. The highest BCUT2D eigenvalue weighted by Gasteiger charge is 2.11. The van der Waals surface area contributed by atoms with Gasteiger partial charge in [0.2, 0.25) is 10.9 Å². The lowest BCUT2D eigenvalue weighted by Gasteiger charge is -1.99. The predicted octanol–water partition coefficient (Wildman–Crippen LogP) is 2.09. The summed E-state index contributed by atoms with van der Waals surface area (Å²) in [5, 5.41) is 7.92. The van der Waals surface area contributed by atoms with Crippen molar-refractivity contribution in [3.8, 4) is 0 Å². The van der Waals surface area contributed by atoms with E-state index in [2.05, 4.69) is 35.3 Å². The van der Waals surface area contributed by atoms with Crippen LogP contribution in [0.25, 0.3) is 15.2 Å². The van der Waals surface area contributed by atoms with E-state index in [-0.39, 0.29) is 0 Å². The highest BCUT2D eigenvalue weighted by Crippen LogP contribution is 2.29. The van der Waals surface area contributed by atoms with Crippen LogP contribution < -0.4 is 5.73 Å². The summed E-state index contributed by atoms with van der Waals surface area (Å²) in [5.41, 5.74) is 8.24. The number of hydrogen-bond acceptors (Lipinski definition) is 4. The van der Waals surface area contributed by atoms with E-state index in [1.54, 1.807) is 11.3 Å². The van der Waals surface area contributed by atoms with Gasteiger partial charge < -0.3 is 5.73 Å². The molecule has 5 heteroatoms. The Labute approximate surface area is 90.3 Å². The van der Waals surface area contributed by atoms with Gasteiger partial charge in [-0.05, 0) is 18.1 Å². The Kier molecular flexibility index (Phi) is 1.70. The van der Waals surface area contributed by atoms with Crippen molar-refractivity contribution < 1.29 is 0 Å². The van der Waals surface area contributed by atoms with Crippen molar-refractivity contribution in [2.45, 2.75) is 13.3 Å². The first-order valence-corrected chi connectivity index (χ1v) is 5.64. The summed E-state index contributed by atoms with van der Waals surface area (Å²) in [6.07, 6.45) is 0.987. The smallest absolute Gasteiger partial charge is 0.227 e. The van der Waals surface area contributed by atoms with E-state index < -0.39 is 0 Å². The molecule has 0 saturated heterocycles. The van der Waals surface area contributed by atoms with E-state index >= 15 is 0 Å². The van der Waals surface area contributed by atoms with Crippen LogP contribution >= 0.6 is 11.3 Å². The van der Waals surface area contributed by atoms with Crippen molar-refractivity contribution >= 4 is 32.5 Å². The molecule has 4 nitrogen and oxygen atoms in total. The van der Waals surface area contributed by atoms with Gasteiger partial charge in [0.1, 0.15) is 0 Å². The number of nitrogen functional groups attached to an aromatic ring is 1. The van der Waals surface area contributed by atoms with Crippen molar-refractivity contribution in [3.05, 3.63) is 23.8 Å². The lowest BCUT2D eigenvalue weighted by atomic mass is 10.1. The number of aryl methyl sites for hydroxylation is 1. The van der Waals surface area contributed by atoms with E-state index in [4.69, 9.17) is 5.73 Å². The third-order valence-electron chi connectivity index (χ3n) is 2.55. The summed E-state index contributed by atoms with van der Waals surface area (Å²) in [6, 6.07) is 6.28. The number of fused-ring (bicyclic) bond motifs is 3. The molecular formula is C10H10N4S. The van der Waals surface area contributed by atoms with Crippen molar-refractivity contribution in [3.63, 3.8) is 0 Å². The molecule has 0 unspecified atom stereocenters. The average molecular weight is 218 g/mol. The predicted molar refractivity (Wildman–Crippen MR) is 62.2 cm³/mol. The monoisotopic (exact) mass is 218 g/mol.